The van der Waals surface area contributed by atoms with Crippen LogP contribution >= 0.6 is 0 Å². The van der Waals surface area contributed by atoms with Crippen LogP contribution in [0.25, 0.3) is 22.3 Å². The molecule has 0 aliphatic carbocycles. The van der Waals surface area contributed by atoms with Crippen LogP contribution in [0, 0.1) is 5.82 Å². The lowest BCUT2D eigenvalue weighted by atomic mass is 9.91. The molecular weight excluding hydrogens is 393 g/mol. The number of aromatic nitrogens is 2. The molecule has 0 spiro atoms. The van der Waals surface area contributed by atoms with Gasteiger partial charge in [-0.3, -0.25) is 4.98 Å². The molecule has 2 aromatic heterocycles. The van der Waals surface area contributed by atoms with E-state index in [-0.39, 0.29) is 11.5 Å². The fourth-order valence-electron chi connectivity index (χ4n) is 3.48. The number of aromatic amines is 1. The van der Waals surface area contributed by atoms with Gasteiger partial charge in [0.25, 0.3) is 0 Å². The molecule has 0 bridgehead atoms. The fourth-order valence-corrected chi connectivity index (χ4v) is 5.07. The minimum atomic E-state index is -3.90. The second kappa shape index (κ2) is 6.56. The number of guanidine groups is 1. The smallest absolute Gasteiger partial charge is 0.244 e. The fraction of sp³-hybridized carbons (Fsp3) is 0.100. The summed E-state index contributed by atoms with van der Waals surface area (Å²) in [5.41, 5.74) is 6.36. The third kappa shape index (κ3) is 2.99. The summed E-state index contributed by atoms with van der Waals surface area (Å²) in [4.78, 5) is 11.7. The molecule has 0 amide bonds. The predicted octanol–water partition coefficient (Wildman–Crippen LogP) is 2.85. The van der Waals surface area contributed by atoms with E-state index in [0.29, 0.717) is 22.3 Å². The second-order valence-electron chi connectivity index (χ2n) is 6.65. The van der Waals surface area contributed by atoms with E-state index in [9.17, 15) is 8.42 Å². The SMILES string of the molecule is C=CN1C(N)=N[C@](C=C)(c2cc3[nH]c(-c4ccccn4)cc3cc2F)CS1(=O)=O. The maximum absolute atomic E-state index is 15.1. The first kappa shape index (κ1) is 18.9. The number of halogens is 1. The van der Waals surface area contributed by atoms with Crippen LogP contribution in [0.3, 0.4) is 0 Å². The third-order valence-electron chi connectivity index (χ3n) is 4.86. The van der Waals surface area contributed by atoms with Gasteiger partial charge in [0.05, 0.1) is 11.4 Å². The number of aliphatic imine (C=N–C) groups is 1. The second-order valence-corrected chi connectivity index (χ2v) is 8.50. The normalized spacial score (nSPS) is 21.0. The van der Waals surface area contributed by atoms with Gasteiger partial charge in [-0.2, -0.15) is 0 Å². The maximum Gasteiger partial charge on any atom is 0.244 e. The Morgan fingerprint density at radius 1 is 1.28 bits per heavy atom. The standard InChI is InChI=1S/C20H18FN5O2S/c1-3-20(12-29(27,28)26(4-2)19(22)25-20)14-11-17-13(9-15(14)21)10-18(24-17)16-7-5-6-8-23-16/h3-11,24H,1-2,12H2,(H2,22,25)/t20-/m0/s1. The molecular formula is C20H18FN5O2S. The largest absolute Gasteiger partial charge is 0.369 e. The first-order chi connectivity index (χ1) is 13.8. The molecule has 148 valence electrons. The van der Waals surface area contributed by atoms with Crippen LogP contribution in [0.15, 0.2) is 73.0 Å². The van der Waals surface area contributed by atoms with E-state index < -0.39 is 27.1 Å². The molecule has 29 heavy (non-hydrogen) atoms. The van der Waals surface area contributed by atoms with Crippen molar-refractivity contribution in [1.29, 1.82) is 0 Å². The van der Waals surface area contributed by atoms with Crippen molar-refractivity contribution >= 4 is 26.9 Å². The highest BCUT2D eigenvalue weighted by Gasteiger charge is 2.44. The van der Waals surface area contributed by atoms with Gasteiger partial charge >= 0.3 is 0 Å². The molecule has 0 saturated heterocycles. The zero-order chi connectivity index (χ0) is 20.8. The van der Waals surface area contributed by atoms with E-state index in [0.717, 1.165) is 10.5 Å². The van der Waals surface area contributed by atoms with Gasteiger partial charge in [-0.25, -0.2) is 22.1 Å². The summed E-state index contributed by atoms with van der Waals surface area (Å²) in [6, 6.07) is 10.1. The van der Waals surface area contributed by atoms with Crippen molar-refractivity contribution in [3.63, 3.8) is 0 Å². The van der Waals surface area contributed by atoms with Crippen LogP contribution in [0.2, 0.25) is 0 Å². The van der Waals surface area contributed by atoms with Crippen molar-refractivity contribution in [2.45, 2.75) is 5.54 Å². The zero-order valence-corrected chi connectivity index (χ0v) is 16.2. The molecule has 3 aromatic rings. The van der Waals surface area contributed by atoms with Crippen LogP contribution in [0.5, 0.6) is 0 Å². The highest BCUT2D eigenvalue weighted by atomic mass is 32.2. The van der Waals surface area contributed by atoms with Crippen LogP contribution in [-0.2, 0) is 15.6 Å². The third-order valence-corrected chi connectivity index (χ3v) is 6.60. The average molecular weight is 411 g/mol. The number of nitrogens with two attached hydrogens (primary N) is 1. The number of benzene rings is 1. The van der Waals surface area contributed by atoms with Gasteiger partial charge in [0.1, 0.15) is 17.1 Å². The minimum Gasteiger partial charge on any atom is -0.369 e. The Morgan fingerprint density at radius 2 is 2.07 bits per heavy atom. The summed E-state index contributed by atoms with van der Waals surface area (Å²) in [6.45, 7) is 7.14. The maximum atomic E-state index is 15.1. The molecule has 4 rings (SSSR count). The molecule has 3 heterocycles. The number of hydrogen-bond acceptors (Lipinski definition) is 5. The first-order valence-electron chi connectivity index (χ1n) is 8.67. The van der Waals surface area contributed by atoms with Crippen molar-refractivity contribution in [2.24, 2.45) is 10.7 Å². The number of sulfonamides is 1. The summed E-state index contributed by atoms with van der Waals surface area (Å²) < 4.78 is 41.2. The molecule has 1 atom stereocenters. The van der Waals surface area contributed by atoms with E-state index in [1.807, 2.05) is 12.1 Å². The first-order valence-corrected chi connectivity index (χ1v) is 10.3. The van der Waals surface area contributed by atoms with Gasteiger partial charge in [-0.1, -0.05) is 18.7 Å². The number of nitrogens with one attached hydrogen (secondary N) is 1. The summed E-state index contributed by atoms with van der Waals surface area (Å²) >= 11 is 0. The van der Waals surface area contributed by atoms with Gasteiger partial charge < -0.3 is 10.7 Å². The van der Waals surface area contributed by atoms with E-state index in [2.05, 4.69) is 28.1 Å². The van der Waals surface area contributed by atoms with Gasteiger partial charge in [-0.15, -0.1) is 6.58 Å². The van der Waals surface area contributed by atoms with Gasteiger partial charge in [0, 0.05) is 28.9 Å². The van der Waals surface area contributed by atoms with Crippen LogP contribution in [0.4, 0.5) is 4.39 Å². The quantitative estimate of drug-likeness (QED) is 0.644. The van der Waals surface area contributed by atoms with Crippen molar-refractivity contribution < 1.29 is 12.8 Å². The Kier molecular flexibility index (Phi) is 4.27. The lowest BCUT2D eigenvalue weighted by molar-refractivity contribution is 0.497. The molecule has 0 radical (unpaired) electrons. The number of hydrogen-bond donors (Lipinski definition) is 2. The zero-order valence-electron chi connectivity index (χ0n) is 15.3. The lowest BCUT2D eigenvalue weighted by Crippen LogP contribution is -2.50. The monoisotopic (exact) mass is 411 g/mol. The van der Waals surface area contributed by atoms with Crippen molar-refractivity contribution in [1.82, 2.24) is 14.3 Å². The van der Waals surface area contributed by atoms with E-state index >= 15 is 4.39 Å². The molecule has 9 heteroatoms. The molecule has 1 aromatic carbocycles. The van der Waals surface area contributed by atoms with E-state index in [4.69, 9.17) is 5.73 Å². The van der Waals surface area contributed by atoms with Crippen LogP contribution < -0.4 is 5.73 Å². The van der Waals surface area contributed by atoms with Gasteiger partial charge in [0.2, 0.25) is 16.0 Å². The number of pyridine rings is 1. The average Bonchev–Trinajstić information content (AvgIpc) is 3.10. The van der Waals surface area contributed by atoms with Gasteiger partial charge in [0.15, 0.2) is 0 Å². The number of rotatable bonds is 4. The van der Waals surface area contributed by atoms with Gasteiger partial charge in [-0.05, 0) is 30.3 Å². The van der Waals surface area contributed by atoms with Crippen LogP contribution in [0.1, 0.15) is 5.56 Å². The summed E-state index contributed by atoms with van der Waals surface area (Å²) in [6.07, 6.45) is 4.02. The number of fused-ring (bicyclic) bond motifs is 1. The topological polar surface area (TPSA) is 104 Å². The highest BCUT2D eigenvalue weighted by Crippen LogP contribution is 2.37. The summed E-state index contributed by atoms with van der Waals surface area (Å²) in [7, 11) is -3.90. The molecule has 7 nitrogen and oxygen atoms in total. The number of nitrogens with zero attached hydrogens (tertiary/aromatic N) is 3. The Balaban J connectivity index is 1.91. The minimum absolute atomic E-state index is 0.0599. The molecule has 0 saturated carbocycles. The molecule has 3 N–H and O–H groups in total. The summed E-state index contributed by atoms with van der Waals surface area (Å²) in [5.74, 6) is -1.43. The van der Waals surface area contributed by atoms with E-state index in [1.165, 1.54) is 18.2 Å². The van der Waals surface area contributed by atoms with Crippen molar-refractivity contribution in [3.8, 4) is 11.4 Å². The lowest BCUT2D eigenvalue weighted by Gasteiger charge is -2.35. The summed E-state index contributed by atoms with van der Waals surface area (Å²) in [5, 5.41) is 0.620. The predicted molar refractivity (Wildman–Crippen MR) is 111 cm³/mol. The Hall–Kier alpha value is -3.46. The Morgan fingerprint density at radius 3 is 2.69 bits per heavy atom. The molecule has 0 unspecified atom stereocenters. The van der Waals surface area contributed by atoms with Crippen molar-refractivity contribution in [3.05, 3.63) is 79.4 Å². The Bertz CT molecular complexity index is 1270. The van der Waals surface area contributed by atoms with Crippen LogP contribution in [-0.4, -0.2) is 34.4 Å². The van der Waals surface area contributed by atoms with E-state index in [1.54, 1.807) is 18.3 Å². The molecule has 1 aliphatic rings. The van der Waals surface area contributed by atoms with Crippen molar-refractivity contribution in [2.75, 3.05) is 5.75 Å². The molecule has 0 fully saturated rings. The highest BCUT2D eigenvalue weighted by molar-refractivity contribution is 7.89. The Labute approximate surface area is 167 Å². The molecule has 1 aliphatic heterocycles. The number of H-pyrrole nitrogens is 1.